The van der Waals surface area contributed by atoms with Gasteiger partial charge in [0.1, 0.15) is 5.78 Å². The van der Waals surface area contributed by atoms with E-state index in [4.69, 9.17) is 0 Å². The third kappa shape index (κ3) is 1.97. The van der Waals surface area contributed by atoms with Crippen LogP contribution < -0.4 is 0 Å². The van der Waals surface area contributed by atoms with E-state index in [1.54, 1.807) is 0 Å². The molecule has 0 aromatic rings. The maximum Gasteiger partial charge on any atom is 0.137 e. The van der Waals surface area contributed by atoms with Gasteiger partial charge in [0.2, 0.25) is 0 Å². The van der Waals surface area contributed by atoms with E-state index in [0.29, 0.717) is 12.2 Å². The lowest BCUT2D eigenvalue weighted by Gasteiger charge is -2.28. The van der Waals surface area contributed by atoms with Gasteiger partial charge in [-0.2, -0.15) is 0 Å². The third-order valence-corrected chi connectivity index (χ3v) is 3.53. The van der Waals surface area contributed by atoms with Gasteiger partial charge in [0.05, 0.1) is 0 Å². The van der Waals surface area contributed by atoms with Crippen molar-refractivity contribution in [2.75, 3.05) is 0 Å². The molecule has 0 amide bonds. The molecule has 0 saturated carbocycles. The third-order valence-electron chi connectivity index (χ3n) is 3.53. The minimum Gasteiger partial charge on any atom is -0.299 e. The zero-order chi connectivity index (χ0) is 10.8. The van der Waals surface area contributed by atoms with Gasteiger partial charge in [-0.25, -0.2) is 0 Å². The van der Waals surface area contributed by atoms with Crippen LogP contribution in [0.5, 0.6) is 0 Å². The molecule has 1 atom stereocenters. The number of allylic oxidation sites excluding steroid dienone is 3. The van der Waals surface area contributed by atoms with E-state index >= 15 is 0 Å². The molecule has 1 aliphatic carbocycles. The first-order valence-corrected chi connectivity index (χ1v) is 5.31. The van der Waals surface area contributed by atoms with Gasteiger partial charge in [-0.15, -0.1) is 6.58 Å². The minimum absolute atomic E-state index is 0.0677. The molecule has 0 aromatic carbocycles. The summed E-state index contributed by atoms with van der Waals surface area (Å²) in [4.78, 5) is 11.9. The van der Waals surface area contributed by atoms with Crippen LogP contribution in [0.15, 0.2) is 24.3 Å². The molecule has 0 bridgehead atoms. The van der Waals surface area contributed by atoms with Gasteiger partial charge >= 0.3 is 0 Å². The number of ketones is 1. The Morgan fingerprint density at radius 3 is 2.79 bits per heavy atom. The van der Waals surface area contributed by atoms with Gasteiger partial charge < -0.3 is 0 Å². The van der Waals surface area contributed by atoms with Crippen molar-refractivity contribution in [1.29, 1.82) is 0 Å². The number of Topliss-reactive ketones (excluding diaryl/α,β-unsaturated/α-hetero) is 1. The fourth-order valence-corrected chi connectivity index (χ4v) is 2.08. The summed E-state index contributed by atoms with van der Waals surface area (Å²) >= 11 is 0. The molecular weight excluding hydrogens is 172 g/mol. The van der Waals surface area contributed by atoms with Crippen LogP contribution in [0.2, 0.25) is 0 Å². The molecule has 0 saturated heterocycles. The van der Waals surface area contributed by atoms with Crippen molar-refractivity contribution >= 4 is 5.78 Å². The lowest BCUT2D eigenvalue weighted by molar-refractivity contribution is -0.125. The number of carbonyl (C=O) groups excluding carboxylic acids is 1. The van der Waals surface area contributed by atoms with Crippen LogP contribution in [-0.4, -0.2) is 5.78 Å². The average molecular weight is 192 g/mol. The van der Waals surface area contributed by atoms with Crippen LogP contribution >= 0.6 is 0 Å². The second kappa shape index (κ2) is 4.12. The highest BCUT2D eigenvalue weighted by Gasteiger charge is 2.38. The number of hydrogen-bond acceptors (Lipinski definition) is 1. The Labute approximate surface area is 86.9 Å². The fraction of sp³-hybridized carbons (Fsp3) is 0.615. The van der Waals surface area contributed by atoms with E-state index in [2.05, 4.69) is 33.4 Å². The Bertz CT molecular complexity index is 271. The second-order valence-corrected chi connectivity index (χ2v) is 4.69. The van der Waals surface area contributed by atoms with Crippen molar-refractivity contribution in [3.63, 3.8) is 0 Å². The molecule has 0 spiro atoms. The molecule has 14 heavy (non-hydrogen) atoms. The SMILES string of the molecule is C=CCCC(=O)C1CC=C(C)C1(C)C. The number of carbonyl (C=O) groups is 1. The monoisotopic (exact) mass is 192 g/mol. The summed E-state index contributed by atoms with van der Waals surface area (Å²) in [6, 6.07) is 0. The van der Waals surface area contributed by atoms with Gasteiger partial charge in [-0.1, -0.05) is 31.6 Å². The highest BCUT2D eigenvalue weighted by molar-refractivity contribution is 5.83. The Morgan fingerprint density at radius 1 is 1.71 bits per heavy atom. The normalized spacial score (nSPS) is 24.5. The summed E-state index contributed by atoms with van der Waals surface area (Å²) in [5.41, 5.74) is 1.42. The standard InChI is InChI=1S/C13H20O/c1-5-6-7-12(14)11-9-8-10(2)13(11,3)4/h5,8,11H,1,6-7,9H2,2-4H3. The first kappa shape index (κ1) is 11.2. The van der Waals surface area contributed by atoms with Crippen LogP contribution in [0, 0.1) is 11.3 Å². The largest absolute Gasteiger partial charge is 0.299 e. The van der Waals surface area contributed by atoms with Gasteiger partial charge in [0.15, 0.2) is 0 Å². The zero-order valence-corrected chi connectivity index (χ0v) is 9.47. The van der Waals surface area contributed by atoms with E-state index < -0.39 is 0 Å². The van der Waals surface area contributed by atoms with E-state index in [0.717, 1.165) is 12.8 Å². The molecular formula is C13H20O. The van der Waals surface area contributed by atoms with Gasteiger partial charge in [-0.3, -0.25) is 4.79 Å². The van der Waals surface area contributed by atoms with E-state index in [-0.39, 0.29) is 11.3 Å². The van der Waals surface area contributed by atoms with Crippen LogP contribution in [0.4, 0.5) is 0 Å². The van der Waals surface area contributed by atoms with Crippen molar-refractivity contribution < 1.29 is 4.79 Å². The lowest BCUT2D eigenvalue weighted by Crippen LogP contribution is -2.27. The first-order chi connectivity index (χ1) is 6.50. The molecule has 1 rings (SSSR count). The molecule has 0 heterocycles. The van der Waals surface area contributed by atoms with Gasteiger partial charge in [0, 0.05) is 12.3 Å². The van der Waals surface area contributed by atoms with Crippen molar-refractivity contribution in [2.45, 2.75) is 40.0 Å². The molecule has 0 aliphatic heterocycles. The molecule has 1 nitrogen and oxygen atoms in total. The molecule has 0 fully saturated rings. The summed E-state index contributed by atoms with van der Waals surface area (Å²) < 4.78 is 0. The maximum atomic E-state index is 11.9. The molecule has 78 valence electrons. The number of hydrogen-bond donors (Lipinski definition) is 0. The second-order valence-electron chi connectivity index (χ2n) is 4.69. The zero-order valence-electron chi connectivity index (χ0n) is 9.47. The summed E-state index contributed by atoms with van der Waals surface area (Å²) in [7, 11) is 0. The molecule has 1 aliphatic rings. The molecule has 0 aromatic heterocycles. The van der Waals surface area contributed by atoms with Crippen LogP contribution in [0.1, 0.15) is 40.0 Å². The lowest BCUT2D eigenvalue weighted by atomic mass is 9.75. The maximum absolute atomic E-state index is 11.9. The Hall–Kier alpha value is -0.850. The van der Waals surface area contributed by atoms with Crippen LogP contribution in [-0.2, 0) is 4.79 Å². The predicted molar refractivity (Wildman–Crippen MR) is 60.1 cm³/mol. The highest BCUT2D eigenvalue weighted by atomic mass is 16.1. The fourth-order valence-electron chi connectivity index (χ4n) is 2.08. The minimum atomic E-state index is 0.0677. The summed E-state index contributed by atoms with van der Waals surface area (Å²) in [5, 5.41) is 0. The quantitative estimate of drug-likeness (QED) is 0.623. The summed E-state index contributed by atoms with van der Waals surface area (Å²) in [6.45, 7) is 10.1. The molecule has 0 N–H and O–H groups in total. The Balaban J connectivity index is 2.64. The first-order valence-electron chi connectivity index (χ1n) is 5.31. The van der Waals surface area contributed by atoms with E-state index in [1.165, 1.54) is 5.57 Å². The van der Waals surface area contributed by atoms with E-state index in [9.17, 15) is 4.79 Å². The number of rotatable bonds is 4. The van der Waals surface area contributed by atoms with Crippen LogP contribution in [0.3, 0.4) is 0 Å². The average Bonchev–Trinajstić information content (AvgIpc) is 2.38. The van der Waals surface area contributed by atoms with Crippen molar-refractivity contribution in [1.82, 2.24) is 0 Å². The van der Waals surface area contributed by atoms with Crippen LogP contribution in [0.25, 0.3) is 0 Å². The highest BCUT2D eigenvalue weighted by Crippen LogP contribution is 2.43. The topological polar surface area (TPSA) is 17.1 Å². The molecule has 1 unspecified atom stereocenters. The summed E-state index contributed by atoms with van der Waals surface area (Å²) in [5.74, 6) is 0.588. The Morgan fingerprint density at radius 2 is 2.36 bits per heavy atom. The van der Waals surface area contributed by atoms with Gasteiger partial charge in [0.25, 0.3) is 0 Å². The van der Waals surface area contributed by atoms with E-state index in [1.807, 2.05) is 6.08 Å². The van der Waals surface area contributed by atoms with Crippen molar-refractivity contribution in [3.05, 3.63) is 24.3 Å². The van der Waals surface area contributed by atoms with Crippen molar-refractivity contribution in [2.24, 2.45) is 11.3 Å². The smallest absolute Gasteiger partial charge is 0.137 e. The van der Waals surface area contributed by atoms with Gasteiger partial charge in [-0.05, 0) is 25.2 Å². The molecule has 0 radical (unpaired) electrons. The predicted octanol–water partition coefficient (Wildman–Crippen LogP) is 3.51. The Kier molecular flexibility index (Phi) is 3.30. The molecule has 1 heteroatoms. The van der Waals surface area contributed by atoms with Crippen molar-refractivity contribution in [3.8, 4) is 0 Å². The summed E-state index contributed by atoms with van der Waals surface area (Å²) in [6.07, 6.45) is 6.41.